The molecule has 0 aliphatic heterocycles. The first-order valence-electron chi connectivity index (χ1n) is 9.62. The Hall–Kier alpha value is -4.10. The van der Waals surface area contributed by atoms with E-state index >= 15 is 0 Å². The average Bonchev–Trinajstić information content (AvgIpc) is 3.15. The van der Waals surface area contributed by atoms with Gasteiger partial charge in [-0.1, -0.05) is 36.4 Å². The van der Waals surface area contributed by atoms with Gasteiger partial charge in [0.15, 0.2) is 5.78 Å². The van der Waals surface area contributed by atoms with Crippen LogP contribution < -0.4 is 4.74 Å². The summed E-state index contributed by atoms with van der Waals surface area (Å²) in [6.45, 7) is 0.588. The number of ketones is 1. The maximum Gasteiger partial charge on any atom is 0.185 e. The lowest BCUT2D eigenvalue weighted by molar-refractivity contribution is 0.104. The summed E-state index contributed by atoms with van der Waals surface area (Å²) < 4.78 is 7.26. The minimum absolute atomic E-state index is 0.0655. The van der Waals surface area contributed by atoms with Gasteiger partial charge in [-0.3, -0.25) is 4.79 Å². The molecular weight excluding hydrogens is 372 g/mol. The van der Waals surface area contributed by atoms with Crippen LogP contribution in [-0.4, -0.2) is 17.5 Å². The first-order chi connectivity index (χ1) is 14.7. The third kappa shape index (κ3) is 3.87. The summed E-state index contributed by atoms with van der Waals surface area (Å²) in [6.07, 6.45) is 5.47. The van der Waals surface area contributed by atoms with Crippen molar-refractivity contribution in [2.24, 2.45) is 0 Å². The van der Waals surface area contributed by atoms with Crippen molar-refractivity contribution in [3.05, 3.63) is 107 Å². The van der Waals surface area contributed by atoms with Crippen LogP contribution in [0, 0.1) is 11.3 Å². The third-order valence-corrected chi connectivity index (χ3v) is 5.09. The van der Waals surface area contributed by atoms with Crippen LogP contribution >= 0.6 is 0 Å². The summed E-state index contributed by atoms with van der Waals surface area (Å²) in [5, 5.41) is 10.4. The lowest BCUT2D eigenvalue weighted by atomic mass is 10.1. The van der Waals surface area contributed by atoms with Crippen molar-refractivity contribution in [3.63, 3.8) is 0 Å². The Morgan fingerprint density at radius 2 is 1.77 bits per heavy atom. The highest BCUT2D eigenvalue weighted by atomic mass is 16.5. The summed E-state index contributed by atoms with van der Waals surface area (Å²) in [4.78, 5) is 12.6. The van der Waals surface area contributed by atoms with Crippen molar-refractivity contribution in [2.45, 2.75) is 6.54 Å². The summed E-state index contributed by atoms with van der Waals surface area (Å²) >= 11 is 0. The zero-order chi connectivity index (χ0) is 20.9. The van der Waals surface area contributed by atoms with E-state index in [1.54, 1.807) is 37.5 Å². The van der Waals surface area contributed by atoms with Crippen LogP contribution in [-0.2, 0) is 6.54 Å². The molecule has 0 saturated heterocycles. The van der Waals surface area contributed by atoms with Gasteiger partial charge < -0.3 is 9.30 Å². The highest BCUT2D eigenvalue weighted by Crippen LogP contribution is 2.24. The van der Waals surface area contributed by atoms with Crippen LogP contribution in [0.4, 0.5) is 0 Å². The molecule has 4 nitrogen and oxygen atoms in total. The average molecular weight is 392 g/mol. The van der Waals surface area contributed by atoms with E-state index in [0.717, 1.165) is 27.8 Å². The topological polar surface area (TPSA) is 55.0 Å². The van der Waals surface area contributed by atoms with E-state index in [0.29, 0.717) is 17.7 Å². The van der Waals surface area contributed by atoms with Gasteiger partial charge in [0.2, 0.25) is 0 Å². The third-order valence-electron chi connectivity index (χ3n) is 5.09. The number of hydrogen-bond donors (Lipinski definition) is 0. The first-order valence-corrected chi connectivity index (χ1v) is 9.62. The summed E-state index contributed by atoms with van der Waals surface area (Å²) in [7, 11) is 1.60. The lowest BCUT2D eigenvalue weighted by Crippen LogP contribution is -2.00. The number of hydrogen-bond acceptors (Lipinski definition) is 3. The number of nitriles is 1. The smallest absolute Gasteiger partial charge is 0.185 e. The molecule has 4 rings (SSSR count). The molecule has 4 aromatic rings. The molecule has 0 saturated carbocycles. The Bertz CT molecular complexity index is 1270. The normalized spacial score (nSPS) is 10.9. The van der Waals surface area contributed by atoms with Crippen molar-refractivity contribution in [2.75, 3.05) is 7.11 Å². The van der Waals surface area contributed by atoms with Crippen molar-refractivity contribution >= 4 is 22.8 Å². The SMILES string of the molecule is COc1ccc(C(=O)/C=C/c2cn(Cc3ccccc3C#N)c3ccccc23)cc1. The predicted octanol–water partition coefficient (Wildman–Crippen LogP) is 5.47. The van der Waals surface area contributed by atoms with E-state index in [4.69, 9.17) is 4.74 Å². The number of rotatable bonds is 6. The van der Waals surface area contributed by atoms with Gasteiger partial charge in [-0.15, -0.1) is 0 Å². The van der Waals surface area contributed by atoms with Gasteiger partial charge in [-0.25, -0.2) is 0 Å². The van der Waals surface area contributed by atoms with Crippen molar-refractivity contribution in [3.8, 4) is 11.8 Å². The van der Waals surface area contributed by atoms with E-state index in [-0.39, 0.29) is 5.78 Å². The fourth-order valence-corrected chi connectivity index (χ4v) is 3.51. The van der Waals surface area contributed by atoms with E-state index in [1.165, 1.54) is 0 Å². The quantitative estimate of drug-likeness (QED) is 0.323. The zero-order valence-electron chi connectivity index (χ0n) is 16.6. The number of fused-ring (bicyclic) bond motifs is 1. The fourth-order valence-electron chi connectivity index (χ4n) is 3.51. The number of carbonyl (C=O) groups is 1. The number of para-hydroxylation sites is 1. The molecule has 4 heteroatoms. The second kappa shape index (κ2) is 8.50. The Balaban J connectivity index is 1.65. The van der Waals surface area contributed by atoms with Crippen LogP contribution in [0.5, 0.6) is 5.75 Å². The summed E-state index contributed by atoms with van der Waals surface area (Å²) in [5.41, 5.74) is 4.26. The molecule has 0 bridgehead atoms. The standard InChI is InChI=1S/C26H20N2O2/c1-30-23-13-10-19(11-14-23)26(29)15-12-22-18-28(25-9-5-4-8-24(22)25)17-21-7-3-2-6-20(21)16-27/h2-15,18H,17H2,1H3/b15-12+. The maximum atomic E-state index is 12.6. The van der Waals surface area contributed by atoms with Gasteiger partial charge >= 0.3 is 0 Å². The van der Waals surface area contributed by atoms with Gasteiger partial charge in [0.25, 0.3) is 0 Å². The Morgan fingerprint density at radius 1 is 1.03 bits per heavy atom. The van der Waals surface area contributed by atoms with Crippen LogP contribution in [0.3, 0.4) is 0 Å². The van der Waals surface area contributed by atoms with Crippen molar-refractivity contribution < 1.29 is 9.53 Å². The molecule has 30 heavy (non-hydrogen) atoms. The van der Waals surface area contributed by atoms with E-state index in [2.05, 4.69) is 10.6 Å². The molecule has 3 aromatic carbocycles. The number of benzene rings is 3. The molecule has 0 atom stereocenters. The second-order valence-electron chi connectivity index (χ2n) is 6.92. The molecule has 1 aromatic heterocycles. The molecule has 0 amide bonds. The van der Waals surface area contributed by atoms with Crippen LogP contribution in [0.1, 0.15) is 27.0 Å². The van der Waals surface area contributed by atoms with Gasteiger partial charge in [-0.2, -0.15) is 5.26 Å². The minimum Gasteiger partial charge on any atom is -0.497 e. The van der Waals surface area contributed by atoms with Gasteiger partial charge in [-0.05, 0) is 54.1 Å². The predicted molar refractivity (Wildman–Crippen MR) is 119 cm³/mol. The fraction of sp³-hybridized carbons (Fsp3) is 0.0769. The molecule has 0 fully saturated rings. The highest BCUT2D eigenvalue weighted by Gasteiger charge is 2.09. The Labute approximate surface area is 175 Å². The lowest BCUT2D eigenvalue weighted by Gasteiger charge is -2.07. The summed E-state index contributed by atoms with van der Waals surface area (Å²) in [5.74, 6) is 0.653. The number of allylic oxidation sites excluding steroid dienone is 1. The number of carbonyl (C=O) groups excluding carboxylic acids is 1. The van der Waals surface area contributed by atoms with Crippen molar-refractivity contribution in [1.82, 2.24) is 4.57 Å². The molecule has 146 valence electrons. The van der Waals surface area contributed by atoms with Crippen LogP contribution in [0.25, 0.3) is 17.0 Å². The largest absolute Gasteiger partial charge is 0.497 e. The Morgan fingerprint density at radius 3 is 2.53 bits per heavy atom. The monoisotopic (exact) mass is 392 g/mol. The van der Waals surface area contributed by atoms with Gasteiger partial charge in [0.1, 0.15) is 5.75 Å². The molecule has 0 aliphatic carbocycles. The Kier molecular flexibility index (Phi) is 5.45. The molecule has 0 unspecified atom stereocenters. The number of methoxy groups -OCH3 is 1. The molecule has 0 radical (unpaired) electrons. The molecule has 0 aliphatic rings. The van der Waals surface area contributed by atoms with Gasteiger partial charge in [0, 0.05) is 34.8 Å². The summed E-state index contributed by atoms with van der Waals surface area (Å²) in [6, 6.07) is 25.0. The minimum atomic E-state index is -0.0655. The molecule has 1 heterocycles. The molecule has 0 N–H and O–H groups in total. The van der Waals surface area contributed by atoms with Crippen LogP contribution in [0.2, 0.25) is 0 Å². The van der Waals surface area contributed by atoms with E-state index in [1.807, 2.05) is 60.8 Å². The maximum absolute atomic E-state index is 12.6. The van der Waals surface area contributed by atoms with E-state index < -0.39 is 0 Å². The molecule has 0 spiro atoms. The van der Waals surface area contributed by atoms with Crippen LogP contribution in [0.15, 0.2) is 85.1 Å². The van der Waals surface area contributed by atoms with E-state index in [9.17, 15) is 10.1 Å². The number of ether oxygens (including phenoxy) is 1. The molecular formula is C26H20N2O2. The van der Waals surface area contributed by atoms with Gasteiger partial charge in [0.05, 0.1) is 18.7 Å². The number of nitrogens with zero attached hydrogens (tertiary/aromatic N) is 2. The first kappa shape index (κ1) is 19.2. The van der Waals surface area contributed by atoms with Crippen molar-refractivity contribution in [1.29, 1.82) is 5.26 Å². The highest BCUT2D eigenvalue weighted by molar-refractivity contribution is 6.07. The second-order valence-corrected chi connectivity index (χ2v) is 6.92. The zero-order valence-corrected chi connectivity index (χ0v) is 16.6. The number of aromatic nitrogens is 1.